The van der Waals surface area contributed by atoms with E-state index in [2.05, 4.69) is 4.74 Å². The van der Waals surface area contributed by atoms with Gasteiger partial charge >= 0.3 is 5.97 Å². The number of benzene rings is 3. The van der Waals surface area contributed by atoms with Gasteiger partial charge in [-0.1, -0.05) is 36.4 Å². The molecule has 3 aromatic rings. The molecule has 0 aromatic heterocycles. The molecule has 3 rings (SSSR count). The summed E-state index contributed by atoms with van der Waals surface area (Å²) in [6, 6.07) is 17.0. The molecule has 0 amide bonds. The standard InChI is InChI=1S/C25H18O7/c1-31-18-13-11-16(12-14-18)22(27)24(29)20-6-4-3-5-19(20)23(28)21(26)15-7-9-17(10-8-15)25(30)32-2/h3-14H,1-2H3. The van der Waals surface area contributed by atoms with Gasteiger partial charge in [-0.05, 0) is 36.4 Å². The molecule has 0 saturated heterocycles. The molecule has 0 aliphatic heterocycles. The van der Waals surface area contributed by atoms with Crippen molar-refractivity contribution in [1.82, 2.24) is 0 Å². The van der Waals surface area contributed by atoms with Gasteiger partial charge in [0.1, 0.15) is 5.75 Å². The average Bonchev–Trinajstić information content (AvgIpc) is 2.86. The summed E-state index contributed by atoms with van der Waals surface area (Å²) in [5, 5.41) is 0. The quantitative estimate of drug-likeness (QED) is 0.305. The van der Waals surface area contributed by atoms with Gasteiger partial charge in [0.2, 0.25) is 23.1 Å². The molecule has 3 aromatic carbocycles. The van der Waals surface area contributed by atoms with Crippen LogP contribution in [0.1, 0.15) is 51.8 Å². The molecule has 0 radical (unpaired) electrons. The molecule has 0 unspecified atom stereocenters. The number of hydrogen-bond acceptors (Lipinski definition) is 7. The molecule has 0 saturated carbocycles. The Morgan fingerprint density at radius 3 is 1.34 bits per heavy atom. The second kappa shape index (κ2) is 9.61. The first-order valence-electron chi connectivity index (χ1n) is 9.47. The first kappa shape index (κ1) is 22.3. The summed E-state index contributed by atoms with van der Waals surface area (Å²) in [7, 11) is 2.70. The molecule has 0 aliphatic carbocycles. The van der Waals surface area contributed by atoms with E-state index in [4.69, 9.17) is 4.74 Å². The van der Waals surface area contributed by atoms with Crippen LogP contribution in [0, 0.1) is 0 Å². The molecule has 160 valence electrons. The van der Waals surface area contributed by atoms with Gasteiger partial charge in [-0.25, -0.2) is 4.79 Å². The highest BCUT2D eigenvalue weighted by atomic mass is 16.5. The first-order valence-corrected chi connectivity index (χ1v) is 9.47. The summed E-state index contributed by atoms with van der Waals surface area (Å²) in [5.74, 6) is -3.60. The van der Waals surface area contributed by atoms with Crippen molar-refractivity contribution in [2.45, 2.75) is 0 Å². The van der Waals surface area contributed by atoms with Crippen LogP contribution < -0.4 is 4.74 Å². The Balaban J connectivity index is 1.88. The Morgan fingerprint density at radius 1 is 0.531 bits per heavy atom. The zero-order valence-corrected chi connectivity index (χ0v) is 17.3. The lowest BCUT2D eigenvalue weighted by Crippen LogP contribution is -2.22. The number of hydrogen-bond donors (Lipinski definition) is 0. The Hall–Kier alpha value is -4.39. The molecular formula is C25H18O7. The fraction of sp³-hybridized carbons (Fsp3) is 0.0800. The minimum Gasteiger partial charge on any atom is -0.497 e. The zero-order chi connectivity index (χ0) is 23.3. The maximum Gasteiger partial charge on any atom is 0.337 e. The fourth-order valence-corrected chi connectivity index (χ4v) is 3.00. The van der Waals surface area contributed by atoms with Crippen molar-refractivity contribution < 1.29 is 33.4 Å². The summed E-state index contributed by atoms with van der Waals surface area (Å²) < 4.78 is 9.64. The number of ketones is 4. The maximum absolute atomic E-state index is 12.9. The topological polar surface area (TPSA) is 104 Å². The molecule has 32 heavy (non-hydrogen) atoms. The van der Waals surface area contributed by atoms with Crippen LogP contribution in [0.4, 0.5) is 0 Å². The summed E-state index contributed by atoms with van der Waals surface area (Å²) >= 11 is 0. The van der Waals surface area contributed by atoms with Gasteiger partial charge in [0.15, 0.2) is 0 Å². The van der Waals surface area contributed by atoms with Gasteiger partial charge in [0.05, 0.1) is 19.8 Å². The molecule has 0 spiro atoms. The van der Waals surface area contributed by atoms with Crippen LogP contribution >= 0.6 is 0 Å². The number of Topliss-reactive ketones (excluding diaryl/α,β-unsaturated/α-hetero) is 4. The van der Waals surface area contributed by atoms with Crippen LogP contribution in [0.15, 0.2) is 72.8 Å². The van der Waals surface area contributed by atoms with E-state index in [1.807, 2.05) is 0 Å². The monoisotopic (exact) mass is 430 g/mol. The van der Waals surface area contributed by atoms with Crippen molar-refractivity contribution in [1.29, 1.82) is 0 Å². The molecule has 0 bridgehead atoms. The number of methoxy groups -OCH3 is 2. The smallest absolute Gasteiger partial charge is 0.337 e. The van der Waals surface area contributed by atoms with E-state index in [1.54, 1.807) is 12.1 Å². The van der Waals surface area contributed by atoms with Crippen molar-refractivity contribution in [3.8, 4) is 5.75 Å². The predicted molar refractivity (Wildman–Crippen MR) is 115 cm³/mol. The van der Waals surface area contributed by atoms with E-state index in [0.29, 0.717) is 5.75 Å². The zero-order valence-electron chi connectivity index (χ0n) is 17.3. The predicted octanol–water partition coefficient (Wildman–Crippen LogP) is 3.61. The Morgan fingerprint density at radius 2 is 0.938 bits per heavy atom. The second-order valence-electron chi connectivity index (χ2n) is 6.66. The Bertz CT molecular complexity index is 1210. The molecule has 7 heteroatoms. The van der Waals surface area contributed by atoms with Crippen molar-refractivity contribution in [3.63, 3.8) is 0 Å². The van der Waals surface area contributed by atoms with Crippen molar-refractivity contribution in [3.05, 3.63) is 101 Å². The number of rotatable bonds is 8. The fourth-order valence-electron chi connectivity index (χ4n) is 3.00. The van der Waals surface area contributed by atoms with E-state index in [-0.39, 0.29) is 27.8 Å². The number of ether oxygens (including phenoxy) is 2. The van der Waals surface area contributed by atoms with Gasteiger partial charge in [-0.15, -0.1) is 0 Å². The van der Waals surface area contributed by atoms with Crippen LogP contribution in [-0.2, 0) is 4.74 Å². The highest BCUT2D eigenvalue weighted by Crippen LogP contribution is 2.18. The maximum atomic E-state index is 12.9. The SMILES string of the molecule is COC(=O)c1ccc(C(=O)C(=O)c2ccccc2C(=O)C(=O)c2ccc(OC)cc2)cc1. The third-order valence-electron chi connectivity index (χ3n) is 4.75. The molecule has 0 fully saturated rings. The van der Waals surface area contributed by atoms with Crippen LogP contribution in [0.5, 0.6) is 5.75 Å². The van der Waals surface area contributed by atoms with Crippen LogP contribution in [0.3, 0.4) is 0 Å². The number of esters is 1. The van der Waals surface area contributed by atoms with E-state index >= 15 is 0 Å². The van der Waals surface area contributed by atoms with Gasteiger partial charge in [0.25, 0.3) is 0 Å². The Labute approximate surface area is 183 Å². The molecule has 0 atom stereocenters. The molecule has 0 N–H and O–H groups in total. The van der Waals surface area contributed by atoms with Crippen molar-refractivity contribution >= 4 is 29.1 Å². The largest absolute Gasteiger partial charge is 0.497 e. The van der Waals surface area contributed by atoms with E-state index in [1.165, 1.54) is 74.9 Å². The minimum atomic E-state index is -0.942. The van der Waals surface area contributed by atoms with Gasteiger partial charge in [0, 0.05) is 22.3 Å². The number of carbonyl (C=O) groups excluding carboxylic acids is 5. The highest BCUT2D eigenvalue weighted by Gasteiger charge is 2.27. The molecule has 7 nitrogen and oxygen atoms in total. The van der Waals surface area contributed by atoms with Crippen molar-refractivity contribution in [2.24, 2.45) is 0 Å². The third kappa shape index (κ3) is 4.52. The lowest BCUT2D eigenvalue weighted by molar-refractivity contribution is 0.0600. The summed E-state index contributed by atoms with van der Waals surface area (Å²) in [6.07, 6.45) is 0. The lowest BCUT2D eigenvalue weighted by atomic mass is 9.92. The van der Waals surface area contributed by atoms with Crippen LogP contribution in [0.2, 0.25) is 0 Å². The normalized spacial score (nSPS) is 10.2. The van der Waals surface area contributed by atoms with Gasteiger partial charge in [-0.3, -0.25) is 19.2 Å². The summed E-state index contributed by atoms with van der Waals surface area (Å²) in [6.45, 7) is 0. The minimum absolute atomic E-state index is 0.0337. The second-order valence-corrected chi connectivity index (χ2v) is 6.66. The summed E-state index contributed by atoms with van der Waals surface area (Å²) in [5.41, 5.74) is 0.0329. The Kier molecular flexibility index (Phi) is 6.70. The van der Waals surface area contributed by atoms with E-state index < -0.39 is 29.1 Å². The van der Waals surface area contributed by atoms with Crippen LogP contribution in [0.25, 0.3) is 0 Å². The lowest BCUT2D eigenvalue weighted by Gasteiger charge is -2.08. The third-order valence-corrected chi connectivity index (χ3v) is 4.75. The van der Waals surface area contributed by atoms with E-state index in [0.717, 1.165) is 0 Å². The highest BCUT2D eigenvalue weighted by molar-refractivity contribution is 6.54. The number of carbonyl (C=O) groups is 5. The first-order chi connectivity index (χ1) is 15.4. The van der Waals surface area contributed by atoms with Crippen molar-refractivity contribution in [2.75, 3.05) is 14.2 Å². The van der Waals surface area contributed by atoms with Gasteiger partial charge < -0.3 is 9.47 Å². The average molecular weight is 430 g/mol. The summed E-state index contributed by atoms with van der Waals surface area (Å²) in [4.78, 5) is 62.6. The van der Waals surface area contributed by atoms with Crippen LogP contribution in [-0.4, -0.2) is 43.3 Å². The van der Waals surface area contributed by atoms with E-state index in [9.17, 15) is 24.0 Å². The molecular weight excluding hydrogens is 412 g/mol. The van der Waals surface area contributed by atoms with Gasteiger partial charge in [-0.2, -0.15) is 0 Å². The molecule has 0 heterocycles. The molecule has 0 aliphatic rings.